The highest BCUT2D eigenvalue weighted by Gasteiger charge is 2.33. The van der Waals surface area contributed by atoms with Crippen molar-refractivity contribution in [2.75, 3.05) is 24.5 Å². The van der Waals surface area contributed by atoms with E-state index in [4.69, 9.17) is 4.74 Å². The van der Waals surface area contributed by atoms with Crippen LogP contribution in [0.4, 0.5) is 5.69 Å². The first-order valence-electron chi connectivity index (χ1n) is 12.6. The molecule has 1 N–H and O–H groups in total. The number of rotatable bonds is 12. The van der Waals surface area contributed by atoms with Crippen LogP contribution >= 0.6 is 0 Å². The molecule has 0 heterocycles. The van der Waals surface area contributed by atoms with Gasteiger partial charge in [0.1, 0.15) is 18.3 Å². The summed E-state index contributed by atoms with van der Waals surface area (Å²) in [5, 5.41) is 2.81. The molecule has 9 heteroatoms. The van der Waals surface area contributed by atoms with Gasteiger partial charge in [-0.1, -0.05) is 55.5 Å². The summed E-state index contributed by atoms with van der Waals surface area (Å²) < 4.78 is 34.0. The van der Waals surface area contributed by atoms with E-state index < -0.39 is 28.5 Å². The average molecular weight is 538 g/mol. The number of sulfonamides is 1. The Hall–Kier alpha value is -3.85. The Bertz CT molecular complexity index is 1350. The smallest absolute Gasteiger partial charge is 0.264 e. The molecule has 3 aromatic carbocycles. The first kappa shape index (κ1) is 28.7. The van der Waals surface area contributed by atoms with Crippen molar-refractivity contribution in [2.45, 2.75) is 44.7 Å². The molecule has 0 fully saturated rings. The van der Waals surface area contributed by atoms with E-state index in [1.54, 1.807) is 42.5 Å². The van der Waals surface area contributed by atoms with E-state index in [0.29, 0.717) is 18.7 Å². The molecule has 0 saturated carbocycles. The van der Waals surface area contributed by atoms with Crippen molar-refractivity contribution in [3.63, 3.8) is 0 Å². The highest BCUT2D eigenvalue weighted by atomic mass is 32.2. The normalized spacial score (nSPS) is 11.9. The van der Waals surface area contributed by atoms with Gasteiger partial charge in [0.25, 0.3) is 10.0 Å². The number of benzene rings is 3. The van der Waals surface area contributed by atoms with E-state index in [1.807, 2.05) is 45.0 Å². The molecule has 0 aliphatic carbocycles. The summed E-state index contributed by atoms with van der Waals surface area (Å²) in [6.07, 6.45) is 0.369. The zero-order valence-electron chi connectivity index (χ0n) is 22.3. The minimum atomic E-state index is -4.12. The molecular weight excluding hydrogens is 502 g/mol. The van der Waals surface area contributed by atoms with Crippen LogP contribution in [0.2, 0.25) is 0 Å². The van der Waals surface area contributed by atoms with Gasteiger partial charge in [0.05, 0.1) is 17.7 Å². The maximum absolute atomic E-state index is 14.0. The van der Waals surface area contributed by atoms with Gasteiger partial charge in [-0.25, -0.2) is 8.42 Å². The van der Waals surface area contributed by atoms with Gasteiger partial charge in [-0.2, -0.15) is 0 Å². The molecule has 3 aromatic rings. The molecule has 0 aliphatic rings. The summed E-state index contributed by atoms with van der Waals surface area (Å²) in [6, 6.07) is 21.4. The molecule has 8 nitrogen and oxygen atoms in total. The zero-order chi connectivity index (χ0) is 27.7. The Labute approximate surface area is 225 Å². The first-order valence-corrected chi connectivity index (χ1v) is 14.0. The number of methoxy groups -OCH3 is 1. The minimum Gasteiger partial charge on any atom is -0.497 e. The number of hydrogen-bond donors (Lipinski definition) is 1. The molecule has 38 heavy (non-hydrogen) atoms. The van der Waals surface area contributed by atoms with Crippen molar-refractivity contribution < 1.29 is 22.7 Å². The fourth-order valence-corrected chi connectivity index (χ4v) is 5.62. The number of anilines is 1. The highest BCUT2D eigenvalue weighted by Crippen LogP contribution is 2.28. The van der Waals surface area contributed by atoms with Crippen LogP contribution < -0.4 is 14.4 Å². The van der Waals surface area contributed by atoms with E-state index in [9.17, 15) is 18.0 Å². The molecule has 0 spiro atoms. The molecule has 3 rings (SSSR count). The third-order valence-corrected chi connectivity index (χ3v) is 8.08. The molecule has 0 bridgehead atoms. The second kappa shape index (κ2) is 13.1. The van der Waals surface area contributed by atoms with Crippen molar-refractivity contribution in [3.05, 3.63) is 90.0 Å². The Morgan fingerprint density at radius 2 is 1.63 bits per heavy atom. The topological polar surface area (TPSA) is 96.0 Å². The third-order valence-electron chi connectivity index (χ3n) is 6.29. The summed E-state index contributed by atoms with van der Waals surface area (Å²) in [5.74, 6) is -0.321. The number of amides is 2. The maximum atomic E-state index is 14.0. The summed E-state index contributed by atoms with van der Waals surface area (Å²) >= 11 is 0. The Balaban J connectivity index is 2.08. The highest BCUT2D eigenvalue weighted by molar-refractivity contribution is 7.92. The second-order valence-corrected chi connectivity index (χ2v) is 10.7. The fraction of sp³-hybridized carbons (Fsp3) is 0.310. The van der Waals surface area contributed by atoms with Crippen LogP contribution in [-0.2, 0) is 26.2 Å². The van der Waals surface area contributed by atoms with Crippen LogP contribution in [0.25, 0.3) is 0 Å². The average Bonchev–Trinajstić information content (AvgIpc) is 2.93. The van der Waals surface area contributed by atoms with Crippen molar-refractivity contribution in [1.29, 1.82) is 0 Å². The van der Waals surface area contributed by atoms with Crippen molar-refractivity contribution in [3.8, 4) is 5.75 Å². The summed E-state index contributed by atoms with van der Waals surface area (Å²) in [6.45, 7) is 5.67. The van der Waals surface area contributed by atoms with E-state index in [-0.39, 0.29) is 23.0 Å². The van der Waals surface area contributed by atoms with Gasteiger partial charge in [-0.05, 0) is 55.7 Å². The molecule has 2 amide bonds. The van der Waals surface area contributed by atoms with Gasteiger partial charge in [0, 0.05) is 19.2 Å². The molecule has 0 radical (unpaired) electrons. The van der Waals surface area contributed by atoms with Crippen molar-refractivity contribution >= 4 is 27.5 Å². The van der Waals surface area contributed by atoms with Gasteiger partial charge in [0.15, 0.2) is 0 Å². The lowest BCUT2D eigenvalue weighted by molar-refractivity contribution is -0.140. The van der Waals surface area contributed by atoms with Crippen LogP contribution in [0.3, 0.4) is 0 Å². The van der Waals surface area contributed by atoms with E-state index in [1.165, 1.54) is 24.1 Å². The zero-order valence-corrected chi connectivity index (χ0v) is 23.1. The van der Waals surface area contributed by atoms with Gasteiger partial charge in [0.2, 0.25) is 11.8 Å². The third kappa shape index (κ3) is 6.72. The fourth-order valence-electron chi connectivity index (χ4n) is 4.20. The number of nitrogens with zero attached hydrogens (tertiary/aromatic N) is 2. The molecular formula is C29H35N3O5S. The van der Waals surface area contributed by atoms with Crippen LogP contribution in [-0.4, -0.2) is 51.4 Å². The monoisotopic (exact) mass is 537 g/mol. The standard InChI is InChI=1S/C29H35N3O5S/c1-5-27(29(34)30-6-2)31(20-23-14-11-10-13-22(23)3)28(33)21-32(24-15-12-16-25(19-24)37-4)38(35,36)26-17-8-7-9-18-26/h7-19,27H,5-6,20-21H2,1-4H3,(H,30,34)/t27-/m0/s1. The summed E-state index contributed by atoms with van der Waals surface area (Å²) in [5.41, 5.74) is 2.13. The molecule has 0 saturated heterocycles. The van der Waals surface area contributed by atoms with E-state index in [2.05, 4.69) is 5.32 Å². The number of nitrogens with one attached hydrogen (secondary N) is 1. The van der Waals surface area contributed by atoms with Gasteiger partial charge in [-0.3, -0.25) is 13.9 Å². The van der Waals surface area contributed by atoms with Gasteiger partial charge < -0.3 is 15.0 Å². The lowest BCUT2D eigenvalue weighted by Crippen LogP contribution is -2.52. The number of likely N-dealkylation sites (N-methyl/N-ethyl adjacent to an activating group) is 1. The molecule has 1 atom stereocenters. The lowest BCUT2D eigenvalue weighted by Gasteiger charge is -2.33. The predicted molar refractivity (Wildman–Crippen MR) is 148 cm³/mol. The summed E-state index contributed by atoms with van der Waals surface area (Å²) in [4.78, 5) is 28.5. The van der Waals surface area contributed by atoms with Crippen molar-refractivity contribution in [1.82, 2.24) is 10.2 Å². The Morgan fingerprint density at radius 3 is 2.26 bits per heavy atom. The Morgan fingerprint density at radius 1 is 0.947 bits per heavy atom. The molecule has 0 unspecified atom stereocenters. The van der Waals surface area contributed by atoms with Crippen LogP contribution in [0.1, 0.15) is 31.4 Å². The number of carbonyl (C=O) groups is 2. The molecule has 202 valence electrons. The van der Waals surface area contributed by atoms with E-state index in [0.717, 1.165) is 15.4 Å². The number of aryl methyl sites for hydroxylation is 1. The SMILES string of the molecule is CCNC(=O)[C@H](CC)N(Cc1ccccc1C)C(=O)CN(c1cccc(OC)c1)S(=O)(=O)c1ccccc1. The van der Waals surface area contributed by atoms with E-state index >= 15 is 0 Å². The maximum Gasteiger partial charge on any atom is 0.264 e. The largest absolute Gasteiger partial charge is 0.497 e. The first-order chi connectivity index (χ1) is 18.2. The van der Waals surface area contributed by atoms with Gasteiger partial charge in [-0.15, -0.1) is 0 Å². The number of carbonyl (C=O) groups excluding carboxylic acids is 2. The minimum absolute atomic E-state index is 0.0526. The van der Waals surface area contributed by atoms with Gasteiger partial charge >= 0.3 is 0 Å². The second-order valence-electron chi connectivity index (χ2n) is 8.79. The lowest BCUT2D eigenvalue weighted by atomic mass is 10.1. The predicted octanol–water partition coefficient (Wildman–Crippen LogP) is 4.14. The molecule has 0 aliphatic heterocycles. The number of ether oxygens (including phenoxy) is 1. The summed E-state index contributed by atoms with van der Waals surface area (Å²) in [7, 11) is -2.63. The van der Waals surface area contributed by atoms with Crippen LogP contribution in [0, 0.1) is 6.92 Å². The van der Waals surface area contributed by atoms with Crippen LogP contribution in [0.15, 0.2) is 83.8 Å². The van der Waals surface area contributed by atoms with Crippen LogP contribution in [0.5, 0.6) is 5.75 Å². The number of hydrogen-bond acceptors (Lipinski definition) is 5. The quantitative estimate of drug-likeness (QED) is 0.375. The Kier molecular flexibility index (Phi) is 9.90. The van der Waals surface area contributed by atoms with Crippen molar-refractivity contribution in [2.24, 2.45) is 0 Å². The molecule has 0 aromatic heterocycles.